The molecule has 0 saturated heterocycles. The molecule has 25 heavy (non-hydrogen) atoms. The third kappa shape index (κ3) is 27.9. The monoisotopic (exact) mass is 402 g/mol. The van der Waals surface area contributed by atoms with E-state index in [0.29, 0.717) is 6.42 Å². The maximum atomic E-state index is 10.6. The Kier molecular flexibility index (Phi) is 25.1. The van der Waals surface area contributed by atoms with Crippen LogP contribution < -0.4 is 0 Å². The molecule has 0 amide bonds. The Bertz CT molecular complexity index is 345. The van der Waals surface area contributed by atoms with Crippen LogP contribution >= 0.6 is 0 Å². The first-order chi connectivity index (χ1) is 11.6. The van der Waals surface area contributed by atoms with Gasteiger partial charge in [0.05, 0.1) is 5.75 Å². The molecule has 0 saturated carbocycles. The molecule has 148 valence electrons. The summed E-state index contributed by atoms with van der Waals surface area (Å²) >= 11 is 0. The van der Waals surface area contributed by atoms with E-state index in [4.69, 9.17) is 4.55 Å². The van der Waals surface area contributed by atoms with Crippen LogP contribution in [0.3, 0.4) is 0 Å². The van der Waals surface area contributed by atoms with Gasteiger partial charge in [0.25, 0.3) is 10.1 Å². The van der Waals surface area contributed by atoms with E-state index in [1.807, 2.05) is 0 Å². The van der Waals surface area contributed by atoms with E-state index in [9.17, 15) is 8.42 Å². The van der Waals surface area contributed by atoms with Crippen LogP contribution in [0.4, 0.5) is 0 Å². The summed E-state index contributed by atoms with van der Waals surface area (Å²) in [5.41, 5.74) is 0. The van der Waals surface area contributed by atoms with Crippen molar-refractivity contribution in [1.29, 1.82) is 0 Å². The van der Waals surface area contributed by atoms with Gasteiger partial charge in [-0.15, -0.1) is 0 Å². The summed E-state index contributed by atoms with van der Waals surface area (Å²) in [4.78, 5) is 0. The average molecular weight is 403 g/mol. The molecule has 0 fully saturated rings. The van der Waals surface area contributed by atoms with E-state index in [0.717, 1.165) is 12.8 Å². The van der Waals surface area contributed by atoms with Crippen LogP contribution in [0.5, 0.6) is 0 Å². The minimum absolute atomic E-state index is 0. The summed E-state index contributed by atoms with van der Waals surface area (Å²) in [6.07, 6.45) is 23.2. The molecule has 0 aliphatic carbocycles. The van der Waals surface area contributed by atoms with Crippen molar-refractivity contribution in [3.63, 3.8) is 0 Å². The summed E-state index contributed by atoms with van der Waals surface area (Å²) in [5, 5.41) is 0. The minimum atomic E-state index is -3.75. The van der Waals surface area contributed by atoms with Crippen LogP contribution in [-0.4, -0.2) is 70.1 Å². The molecule has 1 N–H and O–H groups in total. The number of hydrogen-bond acceptors (Lipinski definition) is 2. The molecular weight excluding hydrogens is 359 g/mol. The topological polar surface area (TPSA) is 54.4 Å². The van der Waals surface area contributed by atoms with Gasteiger partial charge >= 0.3 is 51.4 Å². The zero-order chi connectivity index (χ0) is 17.9. The second-order valence-electron chi connectivity index (χ2n) is 7.30. The van der Waals surface area contributed by atoms with Crippen LogP contribution in [-0.2, 0) is 10.1 Å². The molecule has 0 atom stereocenters. The maximum absolute atomic E-state index is 10.6. The molecule has 0 bridgehead atoms. The molecule has 0 aromatic heterocycles. The van der Waals surface area contributed by atoms with Crippen LogP contribution in [0.15, 0.2) is 0 Å². The summed E-state index contributed by atoms with van der Waals surface area (Å²) in [7, 11) is -3.75. The zero-order valence-corrected chi connectivity index (χ0v) is 16.9. The molecule has 5 heteroatoms. The van der Waals surface area contributed by atoms with Gasteiger partial charge in [0.15, 0.2) is 0 Å². The number of rotatable bonds is 19. The first-order valence-corrected chi connectivity index (χ1v) is 12.1. The number of hydrogen-bond donors (Lipinski definition) is 1. The molecule has 0 rings (SSSR count). The zero-order valence-electron chi connectivity index (χ0n) is 16.1. The average Bonchev–Trinajstić information content (AvgIpc) is 2.52. The molecule has 0 radical (unpaired) electrons. The fourth-order valence-electron chi connectivity index (χ4n) is 3.19. The van der Waals surface area contributed by atoms with Crippen molar-refractivity contribution in [2.45, 2.75) is 122 Å². The number of unbranched alkanes of at least 4 members (excludes halogenated alkanes) is 17. The Morgan fingerprint density at radius 2 is 0.760 bits per heavy atom. The summed E-state index contributed by atoms with van der Waals surface area (Å²) < 4.78 is 29.7. The van der Waals surface area contributed by atoms with Gasteiger partial charge in [0.2, 0.25) is 0 Å². The molecule has 0 unspecified atom stereocenters. The standard InChI is InChI=1S/C20H42O3S.K.H/c1-2-3-4-5-6-7-8-9-10-11-12-13-14-15-16-17-18-19-20-24(21,22)23;;/h2-20H2,1H3,(H,21,22,23);;. The van der Waals surface area contributed by atoms with Gasteiger partial charge in [-0.25, -0.2) is 0 Å². The fourth-order valence-corrected chi connectivity index (χ4v) is 3.76. The quantitative estimate of drug-likeness (QED) is 0.157. The van der Waals surface area contributed by atoms with E-state index in [1.54, 1.807) is 0 Å². The summed E-state index contributed by atoms with van der Waals surface area (Å²) in [5.74, 6) is -0.0776. The van der Waals surface area contributed by atoms with Gasteiger partial charge < -0.3 is 0 Å². The molecule has 0 aromatic carbocycles. The van der Waals surface area contributed by atoms with Crippen molar-refractivity contribution in [1.82, 2.24) is 0 Å². The second-order valence-corrected chi connectivity index (χ2v) is 8.87. The Labute approximate surface area is 200 Å². The van der Waals surface area contributed by atoms with Gasteiger partial charge in [-0.3, -0.25) is 4.55 Å². The van der Waals surface area contributed by atoms with Gasteiger partial charge in [-0.05, 0) is 6.42 Å². The molecule has 0 aliphatic heterocycles. The first kappa shape index (κ1) is 28.8. The first-order valence-electron chi connectivity index (χ1n) is 10.5. The van der Waals surface area contributed by atoms with Crippen molar-refractivity contribution >= 4 is 61.5 Å². The summed E-state index contributed by atoms with van der Waals surface area (Å²) in [6.45, 7) is 2.27. The van der Waals surface area contributed by atoms with E-state index in [2.05, 4.69) is 6.92 Å². The Morgan fingerprint density at radius 3 is 1.00 bits per heavy atom. The van der Waals surface area contributed by atoms with Crippen molar-refractivity contribution in [3.8, 4) is 0 Å². The van der Waals surface area contributed by atoms with Crippen LogP contribution in [0.1, 0.15) is 122 Å². The van der Waals surface area contributed by atoms with Crippen molar-refractivity contribution in [2.75, 3.05) is 5.75 Å². The molecule has 0 aliphatic rings. The Hall–Kier alpha value is 1.55. The van der Waals surface area contributed by atoms with Gasteiger partial charge in [-0.2, -0.15) is 8.42 Å². The van der Waals surface area contributed by atoms with Crippen LogP contribution in [0.25, 0.3) is 0 Å². The van der Waals surface area contributed by atoms with E-state index >= 15 is 0 Å². The van der Waals surface area contributed by atoms with Gasteiger partial charge in [0.1, 0.15) is 0 Å². The van der Waals surface area contributed by atoms with Gasteiger partial charge in [-0.1, -0.05) is 116 Å². The van der Waals surface area contributed by atoms with Gasteiger partial charge in [0, 0.05) is 0 Å². The third-order valence-corrected chi connectivity index (χ3v) is 5.56. The second kappa shape index (κ2) is 21.8. The van der Waals surface area contributed by atoms with E-state index in [1.165, 1.54) is 96.3 Å². The SMILES string of the molecule is CCCCCCCCCCCCCCCCCCCCS(=O)(=O)O.[KH]. The van der Waals surface area contributed by atoms with Crippen LogP contribution in [0.2, 0.25) is 0 Å². The Balaban J connectivity index is 0. The predicted octanol–water partition coefficient (Wildman–Crippen LogP) is 6.27. The summed E-state index contributed by atoms with van der Waals surface area (Å²) in [6, 6.07) is 0. The van der Waals surface area contributed by atoms with Crippen molar-refractivity contribution in [2.24, 2.45) is 0 Å². The van der Waals surface area contributed by atoms with E-state index < -0.39 is 10.1 Å². The van der Waals surface area contributed by atoms with Crippen molar-refractivity contribution < 1.29 is 13.0 Å². The third-order valence-electron chi connectivity index (χ3n) is 4.76. The Morgan fingerprint density at radius 1 is 0.520 bits per heavy atom. The molecule has 0 heterocycles. The fraction of sp³-hybridized carbons (Fsp3) is 1.00. The predicted molar refractivity (Wildman–Crippen MR) is 112 cm³/mol. The van der Waals surface area contributed by atoms with E-state index in [-0.39, 0.29) is 57.1 Å². The van der Waals surface area contributed by atoms with Crippen LogP contribution in [0, 0.1) is 0 Å². The normalized spacial score (nSPS) is 11.4. The van der Waals surface area contributed by atoms with Crippen molar-refractivity contribution in [3.05, 3.63) is 0 Å². The molecule has 3 nitrogen and oxygen atoms in total. The molecule has 0 aromatic rings. The molecule has 0 spiro atoms. The molecular formula is C20H43KO3S.